The fourth-order valence-electron chi connectivity index (χ4n) is 1.66. The fraction of sp³-hybridized carbons (Fsp3) is 0.400. The molecule has 3 heteroatoms. The van der Waals surface area contributed by atoms with Gasteiger partial charge in [-0.1, -0.05) is 22.0 Å². The minimum atomic E-state index is 0.959. The molecule has 1 N–H and O–H groups in total. The summed E-state index contributed by atoms with van der Waals surface area (Å²) in [6, 6.07) is 6.36. The van der Waals surface area contributed by atoms with Crippen molar-refractivity contribution in [1.82, 2.24) is 5.32 Å². The van der Waals surface area contributed by atoms with E-state index in [1.807, 2.05) is 0 Å². The molecule has 0 atom stereocenters. The van der Waals surface area contributed by atoms with Crippen LogP contribution >= 0.6 is 15.9 Å². The number of likely N-dealkylation sites (N-methyl/N-ethyl adjacent to an activating group) is 1. The highest BCUT2D eigenvalue weighted by Gasteiger charge is 2.12. The minimum absolute atomic E-state index is 0.959. The number of hydrogen-bond donors (Lipinski definition) is 1. The van der Waals surface area contributed by atoms with Crippen LogP contribution in [0.3, 0.4) is 0 Å². The van der Waals surface area contributed by atoms with Crippen LogP contribution in [0.5, 0.6) is 0 Å². The molecule has 1 aromatic carbocycles. The quantitative estimate of drug-likeness (QED) is 0.747. The largest absolute Gasteiger partial charge is 0.373 e. The SMILES string of the molecule is CN1CCNCc2c(Br)cccc21. The molecule has 13 heavy (non-hydrogen) atoms. The third-order valence-electron chi connectivity index (χ3n) is 2.43. The zero-order valence-corrected chi connectivity index (χ0v) is 9.26. The Morgan fingerprint density at radius 3 is 3.15 bits per heavy atom. The van der Waals surface area contributed by atoms with Crippen molar-refractivity contribution in [1.29, 1.82) is 0 Å². The molecule has 1 aliphatic rings. The van der Waals surface area contributed by atoms with E-state index in [0.29, 0.717) is 0 Å². The van der Waals surface area contributed by atoms with E-state index >= 15 is 0 Å². The van der Waals surface area contributed by atoms with Crippen molar-refractivity contribution in [3.8, 4) is 0 Å². The van der Waals surface area contributed by atoms with Gasteiger partial charge in [0.15, 0.2) is 0 Å². The highest BCUT2D eigenvalue weighted by atomic mass is 79.9. The average molecular weight is 241 g/mol. The lowest BCUT2D eigenvalue weighted by molar-refractivity contribution is 0.706. The second kappa shape index (κ2) is 3.68. The first-order valence-electron chi connectivity index (χ1n) is 4.48. The van der Waals surface area contributed by atoms with Crippen molar-refractivity contribution in [2.45, 2.75) is 6.54 Å². The molecule has 70 valence electrons. The second-order valence-electron chi connectivity index (χ2n) is 3.34. The van der Waals surface area contributed by atoms with Crippen molar-refractivity contribution in [3.05, 3.63) is 28.2 Å². The molecular formula is C10H13BrN2. The van der Waals surface area contributed by atoms with Gasteiger partial charge in [-0.05, 0) is 12.1 Å². The van der Waals surface area contributed by atoms with Crippen LogP contribution in [0.2, 0.25) is 0 Å². The summed E-state index contributed by atoms with van der Waals surface area (Å²) in [6.07, 6.45) is 0. The van der Waals surface area contributed by atoms with Gasteiger partial charge in [0.25, 0.3) is 0 Å². The number of fused-ring (bicyclic) bond motifs is 1. The van der Waals surface area contributed by atoms with Gasteiger partial charge in [-0.25, -0.2) is 0 Å². The van der Waals surface area contributed by atoms with E-state index in [9.17, 15) is 0 Å². The van der Waals surface area contributed by atoms with Gasteiger partial charge in [0, 0.05) is 42.4 Å². The Morgan fingerprint density at radius 2 is 2.31 bits per heavy atom. The number of nitrogens with one attached hydrogen (secondary N) is 1. The third kappa shape index (κ3) is 1.71. The molecular weight excluding hydrogens is 228 g/mol. The number of rotatable bonds is 0. The average Bonchev–Trinajstić information content (AvgIpc) is 2.30. The smallest absolute Gasteiger partial charge is 0.0421 e. The van der Waals surface area contributed by atoms with Crippen molar-refractivity contribution in [2.75, 3.05) is 25.0 Å². The summed E-state index contributed by atoms with van der Waals surface area (Å²) >= 11 is 3.58. The Bertz CT molecular complexity index is 312. The first-order chi connectivity index (χ1) is 6.29. The summed E-state index contributed by atoms with van der Waals surface area (Å²) in [5, 5.41) is 3.40. The second-order valence-corrected chi connectivity index (χ2v) is 4.19. The van der Waals surface area contributed by atoms with Gasteiger partial charge < -0.3 is 10.2 Å². The van der Waals surface area contributed by atoms with Crippen LogP contribution in [0.15, 0.2) is 22.7 Å². The molecule has 1 heterocycles. The molecule has 0 spiro atoms. The summed E-state index contributed by atoms with van der Waals surface area (Å²) in [4.78, 5) is 2.29. The predicted molar refractivity (Wildman–Crippen MR) is 59.1 cm³/mol. The topological polar surface area (TPSA) is 15.3 Å². The number of hydrogen-bond acceptors (Lipinski definition) is 2. The van der Waals surface area contributed by atoms with Gasteiger partial charge in [0.1, 0.15) is 0 Å². The van der Waals surface area contributed by atoms with Gasteiger partial charge in [0.2, 0.25) is 0 Å². The Morgan fingerprint density at radius 1 is 1.46 bits per heavy atom. The van der Waals surface area contributed by atoms with Crippen LogP contribution in [0.1, 0.15) is 5.56 Å². The monoisotopic (exact) mass is 240 g/mol. The standard InChI is InChI=1S/C10H13BrN2/c1-13-6-5-12-7-8-9(11)3-2-4-10(8)13/h2-4,12H,5-7H2,1H3. The maximum atomic E-state index is 3.58. The molecule has 1 aromatic rings. The molecule has 0 unspecified atom stereocenters. The zero-order valence-electron chi connectivity index (χ0n) is 7.68. The molecule has 0 bridgehead atoms. The van der Waals surface area contributed by atoms with Crippen LogP contribution in [0.25, 0.3) is 0 Å². The molecule has 0 aromatic heterocycles. The van der Waals surface area contributed by atoms with E-state index < -0.39 is 0 Å². The van der Waals surface area contributed by atoms with E-state index in [1.165, 1.54) is 15.7 Å². The van der Waals surface area contributed by atoms with Gasteiger partial charge in [0.05, 0.1) is 0 Å². The van der Waals surface area contributed by atoms with Gasteiger partial charge in [-0.15, -0.1) is 0 Å². The van der Waals surface area contributed by atoms with Gasteiger partial charge >= 0.3 is 0 Å². The maximum absolute atomic E-state index is 3.58. The van der Waals surface area contributed by atoms with Crippen LogP contribution in [-0.2, 0) is 6.54 Å². The molecule has 0 aliphatic carbocycles. The first kappa shape index (κ1) is 9.03. The summed E-state index contributed by atoms with van der Waals surface area (Å²) < 4.78 is 1.20. The maximum Gasteiger partial charge on any atom is 0.0421 e. The summed E-state index contributed by atoms with van der Waals surface area (Å²) in [5.74, 6) is 0. The lowest BCUT2D eigenvalue weighted by Gasteiger charge is -2.19. The molecule has 0 saturated heterocycles. The number of halogens is 1. The summed E-state index contributed by atoms with van der Waals surface area (Å²) in [5.41, 5.74) is 2.70. The Labute approximate surface area is 87.1 Å². The zero-order chi connectivity index (χ0) is 9.26. The third-order valence-corrected chi connectivity index (χ3v) is 3.17. The van der Waals surface area contributed by atoms with Crippen LogP contribution < -0.4 is 10.2 Å². The Kier molecular flexibility index (Phi) is 2.56. The van der Waals surface area contributed by atoms with Gasteiger partial charge in [-0.2, -0.15) is 0 Å². The molecule has 2 nitrogen and oxygen atoms in total. The Hall–Kier alpha value is -0.540. The summed E-state index contributed by atoms with van der Waals surface area (Å²) in [7, 11) is 2.14. The predicted octanol–water partition coefficient (Wildman–Crippen LogP) is 1.99. The summed E-state index contributed by atoms with van der Waals surface area (Å²) in [6.45, 7) is 3.09. The molecule has 0 radical (unpaired) electrons. The van der Waals surface area contributed by atoms with Gasteiger partial charge in [-0.3, -0.25) is 0 Å². The Balaban J connectivity index is 2.47. The molecule has 0 fully saturated rings. The van der Waals surface area contributed by atoms with Crippen LogP contribution in [-0.4, -0.2) is 20.1 Å². The van der Waals surface area contributed by atoms with Crippen molar-refractivity contribution in [2.24, 2.45) is 0 Å². The van der Waals surface area contributed by atoms with E-state index in [-0.39, 0.29) is 0 Å². The van der Waals surface area contributed by atoms with E-state index in [0.717, 1.165) is 19.6 Å². The lowest BCUT2D eigenvalue weighted by atomic mass is 10.1. The highest BCUT2D eigenvalue weighted by molar-refractivity contribution is 9.10. The van der Waals surface area contributed by atoms with Crippen molar-refractivity contribution < 1.29 is 0 Å². The number of anilines is 1. The molecule has 1 aliphatic heterocycles. The van der Waals surface area contributed by atoms with E-state index in [4.69, 9.17) is 0 Å². The molecule has 0 saturated carbocycles. The normalized spacial score (nSPS) is 16.6. The van der Waals surface area contributed by atoms with E-state index in [1.54, 1.807) is 0 Å². The minimum Gasteiger partial charge on any atom is -0.373 e. The highest BCUT2D eigenvalue weighted by Crippen LogP contribution is 2.27. The van der Waals surface area contributed by atoms with Crippen molar-refractivity contribution in [3.63, 3.8) is 0 Å². The van der Waals surface area contributed by atoms with Crippen LogP contribution in [0, 0.1) is 0 Å². The fourth-order valence-corrected chi connectivity index (χ4v) is 2.16. The number of nitrogens with zero attached hydrogens (tertiary/aromatic N) is 1. The molecule has 0 amide bonds. The first-order valence-corrected chi connectivity index (χ1v) is 5.27. The van der Waals surface area contributed by atoms with Crippen LogP contribution in [0.4, 0.5) is 5.69 Å². The molecule has 2 rings (SSSR count). The number of benzene rings is 1. The van der Waals surface area contributed by atoms with E-state index in [2.05, 4.69) is 51.4 Å². The lowest BCUT2D eigenvalue weighted by Crippen LogP contribution is -2.24. The van der Waals surface area contributed by atoms with Crippen molar-refractivity contribution >= 4 is 21.6 Å².